The van der Waals surface area contributed by atoms with Crippen LogP contribution in [-0.4, -0.2) is 28.1 Å². The number of aliphatic carboxylic acids is 1. The van der Waals surface area contributed by atoms with Gasteiger partial charge >= 0.3 is 11.9 Å². The predicted octanol–water partition coefficient (Wildman–Crippen LogP) is 2.01. The van der Waals surface area contributed by atoms with E-state index >= 15 is 0 Å². The molecular formula is C12H14Cl2N2O4. The molecule has 1 heterocycles. The Labute approximate surface area is 125 Å². The second-order valence-corrected chi connectivity index (χ2v) is 4.90. The zero-order valence-corrected chi connectivity index (χ0v) is 12.0. The van der Waals surface area contributed by atoms with Crippen molar-refractivity contribution < 1.29 is 19.4 Å². The Balaban J connectivity index is 2.40. The van der Waals surface area contributed by atoms with E-state index in [2.05, 4.69) is 4.98 Å². The van der Waals surface area contributed by atoms with Gasteiger partial charge in [0.05, 0.1) is 0 Å². The van der Waals surface area contributed by atoms with Crippen LogP contribution in [0.2, 0.25) is 10.3 Å². The van der Waals surface area contributed by atoms with Gasteiger partial charge < -0.3 is 15.6 Å². The summed E-state index contributed by atoms with van der Waals surface area (Å²) >= 11 is 11.4. The summed E-state index contributed by atoms with van der Waals surface area (Å²) in [5.41, 5.74) is 6.19. The molecule has 0 aliphatic rings. The molecule has 1 rings (SSSR count). The second-order valence-electron chi connectivity index (χ2n) is 4.12. The number of carbonyl (C=O) groups is 2. The molecule has 0 aliphatic carbocycles. The van der Waals surface area contributed by atoms with E-state index in [1.165, 1.54) is 12.1 Å². The third kappa shape index (κ3) is 6.18. The number of halogens is 2. The van der Waals surface area contributed by atoms with Crippen molar-refractivity contribution >= 4 is 35.1 Å². The highest BCUT2D eigenvalue weighted by Gasteiger charge is 2.15. The highest BCUT2D eigenvalue weighted by atomic mass is 35.5. The van der Waals surface area contributed by atoms with E-state index < -0.39 is 18.0 Å². The van der Waals surface area contributed by atoms with Gasteiger partial charge in [-0.3, -0.25) is 9.59 Å². The van der Waals surface area contributed by atoms with E-state index in [0.29, 0.717) is 12.0 Å². The smallest absolute Gasteiger partial charge is 0.323 e. The molecule has 3 N–H and O–H groups in total. The molecule has 1 atom stereocenters. The SMILES string of the molecule is N[C@@H](CCCC(=O)O)C(=O)OCc1cc(Cl)nc(Cl)c1. The molecule has 110 valence electrons. The maximum absolute atomic E-state index is 11.6. The summed E-state index contributed by atoms with van der Waals surface area (Å²) in [6, 6.07) is 2.20. The molecule has 0 radical (unpaired) electrons. The van der Waals surface area contributed by atoms with Gasteiger partial charge in [0.15, 0.2) is 0 Å². The Morgan fingerprint density at radius 3 is 2.50 bits per heavy atom. The lowest BCUT2D eigenvalue weighted by Gasteiger charge is -2.11. The average Bonchev–Trinajstić information content (AvgIpc) is 2.34. The maximum Gasteiger partial charge on any atom is 0.323 e. The maximum atomic E-state index is 11.6. The Morgan fingerprint density at radius 2 is 1.95 bits per heavy atom. The number of aromatic nitrogens is 1. The summed E-state index contributed by atoms with van der Waals surface area (Å²) < 4.78 is 5.00. The van der Waals surface area contributed by atoms with E-state index in [9.17, 15) is 9.59 Å². The minimum Gasteiger partial charge on any atom is -0.481 e. The summed E-state index contributed by atoms with van der Waals surface area (Å²) in [7, 11) is 0. The standard InChI is InChI=1S/C12H14Cl2N2O4/c13-9-4-7(5-10(14)16-9)6-20-12(19)8(15)2-1-3-11(17)18/h4-5,8H,1-3,6,15H2,(H,17,18)/t8-/m0/s1. The lowest BCUT2D eigenvalue weighted by molar-refractivity contribution is -0.147. The molecule has 6 nitrogen and oxygen atoms in total. The van der Waals surface area contributed by atoms with Gasteiger partial charge in [0.25, 0.3) is 0 Å². The first-order valence-electron chi connectivity index (χ1n) is 5.84. The Hall–Kier alpha value is -1.37. The van der Waals surface area contributed by atoms with Crippen molar-refractivity contribution in [2.45, 2.75) is 31.9 Å². The molecule has 8 heteroatoms. The highest BCUT2D eigenvalue weighted by Crippen LogP contribution is 2.15. The largest absolute Gasteiger partial charge is 0.481 e. The zero-order chi connectivity index (χ0) is 15.1. The molecule has 20 heavy (non-hydrogen) atoms. The highest BCUT2D eigenvalue weighted by molar-refractivity contribution is 6.32. The summed E-state index contributed by atoms with van der Waals surface area (Å²) in [6.45, 7) is -0.0204. The Morgan fingerprint density at radius 1 is 1.35 bits per heavy atom. The molecule has 0 saturated carbocycles. The van der Waals surface area contributed by atoms with Crippen molar-refractivity contribution in [1.29, 1.82) is 0 Å². The Bertz CT molecular complexity index is 476. The second kappa shape index (κ2) is 8.04. The molecule has 0 amide bonds. The lowest BCUT2D eigenvalue weighted by Crippen LogP contribution is -2.32. The van der Waals surface area contributed by atoms with Gasteiger partial charge in [-0.05, 0) is 30.5 Å². The molecular weight excluding hydrogens is 307 g/mol. The van der Waals surface area contributed by atoms with Crippen LogP contribution in [0.25, 0.3) is 0 Å². The number of nitrogens with zero attached hydrogens (tertiary/aromatic N) is 1. The number of carboxylic acid groups (broad SMARTS) is 1. The van der Waals surface area contributed by atoms with E-state index in [1.807, 2.05) is 0 Å². The number of pyridine rings is 1. The zero-order valence-electron chi connectivity index (χ0n) is 10.5. The van der Waals surface area contributed by atoms with Crippen LogP contribution in [0.4, 0.5) is 0 Å². The van der Waals surface area contributed by atoms with Crippen LogP contribution in [-0.2, 0) is 20.9 Å². The minimum atomic E-state index is -0.924. The molecule has 0 unspecified atom stereocenters. The minimum absolute atomic E-state index is 0.0204. The molecule has 1 aromatic rings. The monoisotopic (exact) mass is 320 g/mol. The van der Waals surface area contributed by atoms with Gasteiger partial charge in [0.2, 0.25) is 0 Å². The fraction of sp³-hybridized carbons (Fsp3) is 0.417. The van der Waals surface area contributed by atoms with Crippen LogP contribution in [0.3, 0.4) is 0 Å². The molecule has 0 saturated heterocycles. The number of carboxylic acids is 1. The molecule has 0 aromatic carbocycles. The molecule has 1 aromatic heterocycles. The summed E-state index contributed by atoms with van der Waals surface area (Å²) in [5.74, 6) is -1.52. The number of rotatable bonds is 7. The molecule has 0 bridgehead atoms. The fourth-order valence-corrected chi connectivity index (χ4v) is 1.96. The predicted molar refractivity (Wildman–Crippen MR) is 73.5 cm³/mol. The number of ether oxygens (including phenoxy) is 1. The van der Waals surface area contributed by atoms with Gasteiger partial charge in [0.1, 0.15) is 23.0 Å². The quantitative estimate of drug-likeness (QED) is 0.588. The topological polar surface area (TPSA) is 103 Å². The van der Waals surface area contributed by atoms with E-state index in [1.54, 1.807) is 0 Å². The van der Waals surface area contributed by atoms with Crippen molar-refractivity contribution in [3.05, 3.63) is 28.0 Å². The van der Waals surface area contributed by atoms with Crippen LogP contribution in [0.1, 0.15) is 24.8 Å². The summed E-state index contributed by atoms with van der Waals surface area (Å²) in [4.78, 5) is 25.7. The number of carbonyl (C=O) groups excluding carboxylic acids is 1. The van der Waals surface area contributed by atoms with Crippen molar-refractivity contribution in [3.63, 3.8) is 0 Å². The van der Waals surface area contributed by atoms with Crippen LogP contribution < -0.4 is 5.73 Å². The number of esters is 1. The van der Waals surface area contributed by atoms with Crippen LogP contribution in [0.15, 0.2) is 12.1 Å². The first-order valence-corrected chi connectivity index (χ1v) is 6.60. The lowest BCUT2D eigenvalue weighted by atomic mass is 10.1. The van der Waals surface area contributed by atoms with Crippen molar-refractivity contribution in [3.8, 4) is 0 Å². The fourth-order valence-electron chi connectivity index (χ4n) is 1.45. The van der Waals surface area contributed by atoms with Crippen LogP contribution in [0.5, 0.6) is 0 Å². The van der Waals surface area contributed by atoms with Gasteiger partial charge in [-0.2, -0.15) is 0 Å². The Kier molecular flexibility index (Phi) is 6.70. The van der Waals surface area contributed by atoms with E-state index in [-0.39, 0.29) is 29.8 Å². The summed E-state index contributed by atoms with van der Waals surface area (Å²) in [5, 5.41) is 8.89. The third-order valence-corrected chi connectivity index (χ3v) is 2.80. The van der Waals surface area contributed by atoms with Crippen molar-refractivity contribution in [2.24, 2.45) is 5.73 Å². The number of hydrogen-bond acceptors (Lipinski definition) is 5. The van der Waals surface area contributed by atoms with Gasteiger partial charge in [0, 0.05) is 6.42 Å². The summed E-state index contributed by atoms with van der Waals surface area (Å²) in [6.07, 6.45) is 0.540. The van der Waals surface area contributed by atoms with Gasteiger partial charge in [-0.25, -0.2) is 4.98 Å². The molecule has 0 spiro atoms. The van der Waals surface area contributed by atoms with Gasteiger partial charge in [-0.15, -0.1) is 0 Å². The van der Waals surface area contributed by atoms with Crippen LogP contribution >= 0.6 is 23.2 Å². The first kappa shape index (κ1) is 16.7. The third-order valence-electron chi connectivity index (χ3n) is 2.41. The molecule has 0 aliphatic heterocycles. The normalized spacial score (nSPS) is 11.9. The average molecular weight is 321 g/mol. The van der Waals surface area contributed by atoms with Gasteiger partial charge in [-0.1, -0.05) is 23.2 Å². The van der Waals surface area contributed by atoms with Crippen molar-refractivity contribution in [1.82, 2.24) is 4.98 Å². The number of nitrogens with two attached hydrogens (primary N) is 1. The van der Waals surface area contributed by atoms with E-state index in [4.69, 9.17) is 38.8 Å². The van der Waals surface area contributed by atoms with Crippen molar-refractivity contribution in [2.75, 3.05) is 0 Å². The molecule has 0 fully saturated rings. The van der Waals surface area contributed by atoms with Crippen LogP contribution in [0, 0.1) is 0 Å². The van der Waals surface area contributed by atoms with E-state index in [0.717, 1.165) is 0 Å². The number of hydrogen-bond donors (Lipinski definition) is 2. The first-order chi connectivity index (χ1) is 9.38.